The summed E-state index contributed by atoms with van der Waals surface area (Å²) in [6.07, 6.45) is 7.64. The van der Waals surface area contributed by atoms with Crippen LogP contribution in [-0.2, 0) is 16.4 Å². The fourth-order valence-corrected chi connectivity index (χ4v) is 2.97. The summed E-state index contributed by atoms with van der Waals surface area (Å²) in [6.45, 7) is 2.10. The van der Waals surface area contributed by atoms with Gasteiger partial charge in [0.15, 0.2) is 0 Å². The molecule has 0 aliphatic carbocycles. The van der Waals surface area contributed by atoms with E-state index in [1.54, 1.807) is 0 Å². The summed E-state index contributed by atoms with van der Waals surface area (Å²) in [5.74, 6) is 1.36. The van der Waals surface area contributed by atoms with Gasteiger partial charge in [-0.15, -0.1) is 12.3 Å². The summed E-state index contributed by atoms with van der Waals surface area (Å²) >= 11 is 0. The number of terminal acetylenes is 1. The molecule has 0 saturated heterocycles. The van der Waals surface area contributed by atoms with Crippen molar-refractivity contribution in [1.29, 1.82) is 0 Å². The number of hydrogen-bond donors (Lipinski definition) is 2. The molecule has 0 aromatic heterocycles. The first-order valence-electron chi connectivity index (χ1n) is 6.71. The maximum atomic E-state index is 12.1. The topological polar surface area (TPSA) is 83.5 Å². The van der Waals surface area contributed by atoms with Crippen molar-refractivity contribution in [2.24, 2.45) is 0 Å². The van der Waals surface area contributed by atoms with Crippen molar-refractivity contribution in [2.75, 3.05) is 6.54 Å². The number of carboxylic acid groups (broad SMARTS) is 1. The van der Waals surface area contributed by atoms with Crippen LogP contribution in [-0.4, -0.2) is 26.0 Å². The molecule has 114 valence electrons. The zero-order valence-electron chi connectivity index (χ0n) is 11.9. The number of aryl methyl sites for hydroxylation is 1. The molecule has 0 aliphatic heterocycles. The molecule has 0 bridgehead atoms. The van der Waals surface area contributed by atoms with E-state index in [1.807, 2.05) is 6.92 Å². The lowest BCUT2D eigenvalue weighted by molar-refractivity contribution is 0.0695. The Hall–Kier alpha value is -1.84. The lowest BCUT2D eigenvalue weighted by Gasteiger charge is -2.09. The van der Waals surface area contributed by atoms with Crippen molar-refractivity contribution < 1.29 is 18.3 Å². The fraction of sp³-hybridized carbons (Fsp3) is 0.400. The van der Waals surface area contributed by atoms with Gasteiger partial charge in [-0.3, -0.25) is 0 Å². The molecule has 0 fully saturated rings. The first-order chi connectivity index (χ1) is 9.92. The average molecular weight is 309 g/mol. The van der Waals surface area contributed by atoms with Crippen molar-refractivity contribution in [2.45, 2.75) is 37.5 Å². The Bertz CT molecular complexity index is 644. The highest BCUT2D eigenvalue weighted by molar-refractivity contribution is 7.89. The Morgan fingerprint density at radius 3 is 2.67 bits per heavy atom. The molecule has 2 N–H and O–H groups in total. The van der Waals surface area contributed by atoms with Crippen LogP contribution in [0.5, 0.6) is 0 Å². The van der Waals surface area contributed by atoms with Gasteiger partial charge < -0.3 is 5.11 Å². The van der Waals surface area contributed by atoms with Crippen LogP contribution in [0.25, 0.3) is 0 Å². The third-order valence-corrected chi connectivity index (χ3v) is 4.50. The highest BCUT2D eigenvalue weighted by Gasteiger charge is 2.17. The Kier molecular flexibility index (Phi) is 6.40. The van der Waals surface area contributed by atoms with Crippen molar-refractivity contribution >= 4 is 16.0 Å². The van der Waals surface area contributed by atoms with Gasteiger partial charge in [-0.05, 0) is 37.0 Å². The monoisotopic (exact) mass is 309 g/mol. The third kappa shape index (κ3) is 4.88. The summed E-state index contributed by atoms with van der Waals surface area (Å²) in [6, 6.07) is 4.16. The van der Waals surface area contributed by atoms with E-state index < -0.39 is 16.0 Å². The van der Waals surface area contributed by atoms with Crippen LogP contribution in [0.15, 0.2) is 23.1 Å². The Morgan fingerprint density at radius 1 is 1.38 bits per heavy atom. The Morgan fingerprint density at radius 2 is 2.10 bits per heavy atom. The van der Waals surface area contributed by atoms with Crippen LogP contribution in [0.2, 0.25) is 0 Å². The molecule has 0 saturated carbocycles. The van der Waals surface area contributed by atoms with Crippen molar-refractivity contribution in [1.82, 2.24) is 4.72 Å². The minimum absolute atomic E-state index is 0.0210. The zero-order chi connectivity index (χ0) is 15.9. The number of benzene rings is 1. The molecule has 0 heterocycles. The third-order valence-electron chi connectivity index (χ3n) is 3.04. The van der Waals surface area contributed by atoms with Crippen LogP contribution in [0.3, 0.4) is 0 Å². The van der Waals surface area contributed by atoms with Gasteiger partial charge in [-0.25, -0.2) is 17.9 Å². The second-order valence-electron chi connectivity index (χ2n) is 4.54. The van der Waals surface area contributed by atoms with E-state index in [-0.39, 0.29) is 17.0 Å². The Labute approximate surface area is 125 Å². The molecule has 0 aliphatic rings. The van der Waals surface area contributed by atoms with Crippen LogP contribution >= 0.6 is 0 Å². The van der Waals surface area contributed by atoms with Gasteiger partial charge in [0.2, 0.25) is 10.0 Å². The number of nitrogens with one attached hydrogen (secondary N) is 1. The number of rotatable bonds is 8. The average Bonchev–Trinajstić information content (AvgIpc) is 2.46. The van der Waals surface area contributed by atoms with E-state index in [1.165, 1.54) is 18.2 Å². The van der Waals surface area contributed by atoms with Crippen molar-refractivity contribution in [3.8, 4) is 12.3 Å². The standard InChI is InChI=1S/C15H19NO4S/c1-3-5-6-7-10-16-21(19,20)13-9-8-12(4-2)14(11-13)15(17)18/h1,8-9,11,16H,4-7,10H2,2H3,(H,17,18). The van der Waals surface area contributed by atoms with Crippen molar-refractivity contribution in [3.63, 3.8) is 0 Å². The second kappa shape index (κ2) is 7.81. The number of aromatic carboxylic acids is 1. The second-order valence-corrected chi connectivity index (χ2v) is 6.30. The van der Waals surface area contributed by atoms with Gasteiger partial charge in [-0.2, -0.15) is 0 Å². The zero-order valence-corrected chi connectivity index (χ0v) is 12.7. The highest BCUT2D eigenvalue weighted by Crippen LogP contribution is 2.17. The molecular weight excluding hydrogens is 290 g/mol. The van der Waals surface area contributed by atoms with Crippen LogP contribution < -0.4 is 4.72 Å². The summed E-state index contributed by atoms with van der Waals surface area (Å²) < 4.78 is 26.6. The molecular formula is C15H19NO4S. The fourth-order valence-electron chi connectivity index (χ4n) is 1.87. The molecule has 5 nitrogen and oxygen atoms in total. The Balaban J connectivity index is 2.86. The first kappa shape index (κ1) is 17.2. The number of carboxylic acids is 1. The summed E-state index contributed by atoms with van der Waals surface area (Å²) in [7, 11) is -3.69. The summed E-state index contributed by atoms with van der Waals surface area (Å²) in [4.78, 5) is 11.1. The summed E-state index contributed by atoms with van der Waals surface area (Å²) in [5, 5.41) is 9.13. The molecule has 1 rings (SSSR count). The van der Waals surface area contributed by atoms with E-state index in [0.29, 0.717) is 24.8 Å². The van der Waals surface area contributed by atoms with Gasteiger partial charge in [0.25, 0.3) is 0 Å². The smallest absolute Gasteiger partial charge is 0.336 e. The summed E-state index contributed by atoms with van der Waals surface area (Å²) in [5.41, 5.74) is 0.628. The van der Waals surface area contributed by atoms with Crippen LogP contribution in [0, 0.1) is 12.3 Å². The van der Waals surface area contributed by atoms with Gasteiger partial charge in [0.05, 0.1) is 10.5 Å². The number of unbranched alkanes of at least 4 members (excludes halogenated alkanes) is 2. The van der Waals surface area contributed by atoms with Gasteiger partial charge in [-0.1, -0.05) is 13.0 Å². The largest absolute Gasteiger partial charge is 0.478 e. The number of sulfonamides is 1. The van der Waals surface area contributed by atoms with Gasteiger partial charge in [0.1, 0.15) is 0 Å². The lowest BCUT2D eigenvalue weighted by atomic mass is 10.1. The molecule has 1 aromatic carbocycles. The van der Waals surface area contributed by atoms with Crippen molar-refractivity contribution in [3.05, 3.63) is 29.3 Å². The molecule has 0 radical (unpaired) electrons. The first-order valence-corrected chi connectivity index (χ1v) is 8.20. The highest BCUT2D eigenvalue weighted by atomic mass is 32.2. The van der Waals surface area contributed by atoms with Crippen LogP contribution in [0.1, 0.15) is 42.1 Å². The predicted octanol–water partition coefficient (Wildman–Crippen LogP) is 2.03. The van der Waals surface area contributed by atoms with E-state index in [9.17, 15) is 13.2 Å². The molecule has 6 heteroatoms. The minimum Gasteiger partial charge on any atom is -0.478 e. The molecule has 21 heavy (non-hydrogen) atoms. The van der Waals surface area contributed by atoms with E-state index >= 15 is 0 Å². The quantitative estimate of drug-likeness (QED) is 0.568. The van der Waals surface area contributed by atoms with Crippen LogP contribution in [0.4, 0.5) is 0 Å². The van der Waals surface area contributed by atoms with Gasteiger partial charge >= 0.3 is 5.97 Å². The van der Waals surface area contributed by atoms with Gasteiger partial charge in [0, 0.05) is 13.0 Å². The number of hydrogen-bond acceptors (Lipinski definition) is 3. The number of carbonyl (C=O) groups is 1. The molecule has 0 spiro atoms. The molecule has 1 aromatic rings. The minimum atomic E-state index is -3.69. The maximum absolute atomic E-state index is 12.1. The normalized spacial score (nSPS) is 11.0. The van der Waals surface area contributed by atoms with E-state index in [0.717, 1.165) is 6.42 Å². The molecule has 0 unspecified atom stereocenters. The SMILES string of the molecule is C#CCCCCNS(=O)(=O)c1ccc(CC)c(C(=O)O)c1. The molecule has 0 atom stereocenters. The van der Waals surface area contributed by atoms with E-state index in [4.69, 9.17) is 11.5 Å². The molecule has 0 amide bonds. The maximum Gasteiger partial charge on any atom is 0.336 e. The van der Waals surface area contributed by atoms with E-state index in [2.05, 4.69) is 10.6 Å². The lowest BCUT2D eigenvalue weighted by Crippen LogP contribution is -2.25. The predicted molar refractivity (Wildman–Crippen MR) is 80.7 cm³/mol.